The maximum atomic E-state index is 13.9. The van der Waals surface area contributed by atoms with Gasteiger partial charge in [0.1, 0.15) is 11.9 Å². The molecule has 0 unspecified atom stereocenters. The molecule has 130 valence electrons. The first-order chi connectivity index (χ1) is 11.3. The quantitative estimate of drug-likeness (QED) is 0.771. The van der Waals surface area contributed by atoms with Crippen molar-refractivity contribution in [1.29, 1.82) is 0 Å². The average Bonchev–Trinajstić information content (AvgIpc) is 2.49. The number of halogens is 1. The molecule has 2 heterocycles. The van der Waals surface area contributed by atoms with Crippen LogP contribution in [-0.4, -0.2) is 35.6 Å². The Labute approximate surface area is 143 Å². The Kier molecular flexibility index (Phi) is 4.77. The first kappa shape index (κ1) is 17.2. The number of aromatic nitrogens is 1. The largest absolute Gasteiger partial charge is 0.489 e. The van der Waals surface area contributed by atoms with Gasteiger partial charge in [-0.15, -0.1) is 0 Å². The molecule has 1 saturated heterocycles. The second-order valence-electron chi connectivity index (χ2n) is 8.07. The topological polar surface area (TPSA) is 25.4 Å². The molecule has 24 heavy (non-hydrogen) atoms. The molecule has 4 heteroatoms. The van der Waals surface area contributed by atoms with Gasteiger partial charge >= 0.3 is 0 Å². The van der Waals surface area contributed by atoms with Crippen molar-refractivity contribution in [3.63, 3.8) is 0 Å². The summed E-state index contributed by atoms with van der Waals surface area (Å²) in [7, 11) is 0. The third-order valence-electron chi connectivity index (χ3n) is 4.50. The fraction of sp³-hybridized carbons (Fsp3) is 0.550. The number of nitrogens with zero attached hydrogens (tertiary/aromatic N) is 2. The number of aryl methyl sites for hydroxylation is 1. The highest BCUT2D eigenvalue weighted by molar-refractivity contribution is 5.87. The molecule has 0 aliphatic carbocycles. The molecule has 0 amide bonds. The molecule has 3 nitrogen and oxygen atoms in total. The maximum Gasteiger partial charge on any atom is 0.217 e. The first-order valence-electron chi connectivity index (χ1n) is 8.77. The number of piperidine rings is 1. The number of likely N-dealkylation sites (tertiary alicyclic amines) is 1. The lowest BCUT2D eigenvalue weighted by Crippen LogP contribution is -2.42. The molecule has 0 radical (unpaired) electrons. The molecule has 1 fully saturated rings. The predicted octanol–water partition coefficient (Wildman–Crippen LogP) is 4.57. The third-order valence-corrected chi connectivity index (χ3v) is 4.50. The Bertz CT molecular complexity index is 715. The van der Waals surface area contributed by atoms with Crippen LogP contribution in [0, 0.1) is 18.3 Å². The zero-order valence-corrected chi connectivity index (χ0v) is 15.1. The van der Waals surface area contributed by atoms with Crippen LogP contribution in [-0.2, 0) is 0 Å². The van der Waals surface area contributed by atoms with Crippen LogP contribution in [0.5, 0.6) is 5.75 Å². The summed E-state index contributed by atoms with van der Waals surface area (Å²) in [4.78, 5) is 6.52. The van der Waals surface area contributed by atoms with Crippen LogP contribution in [0.4, 0.5) is 4.39 Å². The van der Waals surface area contributed by atoms with Crippen molar-refractivity contribution in [2.45, 2.75) is 46.6 Å². The molecule has 2 aromatic rings. The number of benzene rings is 1. The molecular formula is C20H27FN2O. The molecule has 1 aromatic heterocycles. The average molecular weight is 330 g/mol. The van der Waals surface area contributed by atoms with E-state index in [0.717, 1.165) is 43.4 Å². The van der Waals surface area contributed by atoms with Crippen LogP contribution in [0.3, 0.4) is 0 Å². The zero-order valence-electron chi connectivity index (χ0n) is 15.1. The lowest BCUT2D eigenvalue weighted by molar-refractivity contribution is 0.0817. The molecule has 0 atom stereocenters. The maximum absolute atomic E-state index is 13.9. The van der Waals surface area contributed by atoms with Crippen molar-refractivity contribution in [3.8, 4) is 5.75 Å². The van der Waals surface area contributed by atoms with Crippen LogP contribution in [0.25, 0.3) is 10.9 Å². The van der Waals surface area contributed by atoms with E-state index in [1.54, 1.807) is 0 Å². The van der Waals surface area contributed by atoms with Crippen LogP contribution in [0.15, 0.2) is 24.3 Å². The minimum absolute atomic E-state index is 0.145. The van der Waals surface area contributed by atoms with Gasteiger partial charge in [0.2, 0.25) is 5.95 Å². The molecule has 0 N–H and O–H groups in total. The van der Waals surface area contributed by atoms with Gasteiger partial charge in [-0.1, -0.05) is 32.9 Å². The monoisotopic (exact) mass is 330 g/mol. The second kappa shape index (κ2) is 6.67. The van der Waals surface area contributed by atoms with Crippen molar-refractivity contribution in [2.24, 2.45) is 5.41 Å². The number of hydrogen-bond donors (Lipinski definition) is 0. The van der Waals surface area contributed by atoms with E-state index < -0.39 is 5.95 Å². The minimum atomic E-state index is -0.475. The Morgan fingerprint density at radius 2 is 1.96 bits per heavy atom. The summed E-state index contributed by atoms with van der Waals surface area (Å²) in [5, 5.41) is 0.897. The van der Waals surface area contributed by atoms with Crippen molar-refractivity contribution in [1.82, 2.24) is 9.88 Å². The van der Waals surface area contributed by atoms with E-state index >= 15 is 0 Å². The van der Waals surface area contributed by atoms with Gasteiger partial charge in [-0.3, -0.25) is 0 Å². The van der Waals surface area contributed by atoms with E-state index in [9.17, 15) is 4.39 Å². The SMILES string of the molecule is Cc1cccc2c(OC3CCN(CC(C)(C)C)CC3)cc(F)nc12. The molecule has 1 aliphatic heterocycles. The van der Waals surface area contributed by atoms with Gasteiger partial charge in [0.15, 0.2) is 0 Å². The Balaban J connectivity index is 1.72. The number of ether oxygens (including phenoxy) is 1. The van der Waals surface area contributed by atoms with E-state index in [2.05, 4.69) is 30.7 Å². The minimum Gasteiger partial charge on any atom is -0.489 e. The number of rotatable bonds is 3. The summed E-state index contributed by atoms with van der Waals surface area (Å²) in [6.45, 7) is 11.9. The van der Waals surface area contributed by atoms with Crippen LogP contribution in [0.1, 0.15) is 39.2 Å². The fourth-order valence-corrected chi connectivity index (χ4v) is 3.46. The summed E-state index contributed by atoms with van der Waals surface area (Å²) in [5.41, 5.74) is 1.98. The molecule has 3 rings (SSSR count). The summed E-state index contributed by atoms with van der Waals surface area (Å²) in [6, 6.07) is 7.29. The predicted molar refractivity (Wildman–Crippen MR) is 96.0 cm³/mol. The van der Waals surface area contributed by atoms with Crippen molar-refractivity contribution in [2.75, 3.05) is 19.6 Å². The highest BCUT2D eigenvalue weighted by atomic mass is 19.1. The van der Waals surface area contributed by atoms with Crippen molar-refractivity contribution < 1.29 is 9.13 Å². The molecule has 0 saturated carbocycles. The second-order valence-corrected chi connectivity index (χ2v) is 8.07. The van der Waals surface area contributed by atoms with E-state index in [1.807, 2.05) is 25.1 Å². The van der Waals surface area contributed by atoms with Gasteiger partial charge in [-0.2, -0.15) is 4.39 Å². The molecular weight excluding hydrogens is 303 g/mol. The van der Waals surface area contributed by atoms with Gasteiger partial charge in [-0.05, 0) is 36.8 Å². The zero-order chi connectivity index (χ0) is 17.3. The van der Waals surface area contributed by atoms with E-state index in [4.69, 9.17) is 4.74 Å². The van der Waals surface area contributed by atoms with Gasteiger partial charge in [-0.25, -0.2) is 4.98 Å². The Morgan fingerprint density at radius 1 is 1.25 bits per heavy atom. The molecule has 0 spiro atoms. The molecule has 1 aromatic carbocycles. The highest BCUT2D eigenvalue weighted by Gasteiger charge is 2.24. The lowest BCUT2D eigenvalue weighted by Gasteiger charge is -2.36. The number of hydrogen-bond acceptors (Lipinski definition) is 3. The van der Waals surface area contributed by atoms with E-state index in [0.29, 0.717) is 16.7 Å². The first-order valence-corrected chi connectivity index (χ1v) is 8.77. The van der Waals surface area contributed by atoms with Gasteiger partial charge in [0, 0.05) is 31.1 Å². The Hall–Kier alpha value is -1.68. The summed E-state index contributed by atoms with van der Waals surface area (Å²) >= 11 is 0. The van der Waals surface area contributed by atoms with Gasteiger partial charge in [0.25, 0.3) is 0 Å². The van der Waals surface area contributed by atoms with Crippen LogP contribution >= 0.6 is 0 Å². The number of fused-ring (bicyclic) bond motifs is 1. The lowest BCUT2D eigenvalue weighted by atomic mass is 9.94. The van der Waals surface area contributed by atoms with Crippen molar-refractivity contribution in [3.05, 3.63) is 35.8 Å². The van der Waals surface area contributed by atoms with Gasteiger partial charge in [0.05, 0.1) is 5.52 Å². The highest BCUT2D eigenvalue weighted by Crippen LogP contribution is 2.30. The summed E-state index contributed by atoms with van der Waals surface area (Å²) < 4.78 is 20.1. The summed E-state index contributed by atoms with van der Waals surface area (Å²) in [5.74, 6) is 0.146. The van der Waals surface area contributed by atoms with Crippen LogP contribution in [0.2, 0.25) is 0 Å². The standard InChI is InChI=1S/C20H27FN2O/c1-14-6-5-7-16-17(12-18(21)22-19(14)16)24-15-8-10-23(11-9-15)13-20(2,3)4/h5-7,12,15H,8-11,13H2,1-4H3. The number of pyridine rings is 1. The van der Waals surface area contributed by atoms with Crippen LogP contribution < -0.4 is 4.74 Å². The fourth-order valence-electron chi connectivity index (χ4n) is 3.46. The van der Waals surface area contributed by atoms with E-state index in [1.165, 1.54) is 6.07 Å². The number of para-hydroxylation sites is 1. The Morgan fingerprint density at radius 3 is 2.62 bits per heavy atom. The van der Waals surface area contributed by atoms with Gasteiger partial charge < -0.3 is 9.64 Å². The smallest absolute Gasteiger partial charge is 0.217 e. The molecule has 1 aliphatic rings. The molecule has 0 bridgehead atoms. The normalized spacial score (nSPS) is 17.4. The summed E-state index contributed by atoms with van der Waals surface area (Å²) in [6.07, 6.45) is 2.10. The third kappa shape index (κ3) is 4.04. The van der Waals surface area contributed by atoms with E-state index in [-0.39, 0.29) is 6.10 Å². The van der Waals surface area contributed by atoms with Crippen molar-refractivity contribution >= 4 is 10.9 Å².